The van der Waals surface area contributed by atoms with Gasteiger partial charge in [0.15, 0.2) is 0 Å². The van der Waals surface area contributed by atoms with Crippen LogP contribution in [0.3, 0.4) is 0 Å². The van der Waals surface area contributed by atoms with Gasteiger partial charge in [0, 0.05) is 40.5 Å². The smallest absolute Gasteiger partial charge is 0.273 e. The zero-order valence-corrected chi connectivity index (χ0v) is 19.3. The van der Waals surface area contributed by atoms with Crippen LogP contribution in [-0.2, 0) is 0 Å². The standard InChI is InChI=1S/C25H18N3O2S.BrH/c29-28(30)22-13-11-19(12-14-22)23-17-31-25-16-21(18-7-3-1-4-8-18)15-24(27(25)26-23)20-9-5-2-6-10-20;/h1-16H,17H2;1H/q+1;/p-1. The SMILES string of the molecule is O=[N+]([O-])c1ccc(C2=N[n+]3c(cc(-c4ccccc4)cc3-c3ccccc3)SC2)cc1.[Br-]. The zero-order chi connectivity index (χ0) is 21.2. The second-order valence-electron chi connectivity index (χ2n) is 7.15. The van der Waals surface area contributed by atoms with E-state index in [4.69, 9.17) is 5.10 Å². The minimum absolute atomic E-state index is 0. The summed E-state index contributed by atoms with van der Waals surface area (Å²) in [6, 6.07) is 31.5. The number of non-ortho nitro benzene ring substituents is 1. The van der Waals surface area contributed by atoms with Gasteiger partial charge in [0.05, 0.1) is 10.7 Å². The van der Waals surface area contributed by atoms with Crippen LogP contribution in [0.1, 0.15) is 5.56 Å². The Bertz CT molecular complexity index is 1290. The number of rotatable bonds is 4. The van der Waals surface area contributed by atoms with Gasteiger partial charge in [-0.05, 0) is 51.8 Å². The van der Waals surface area contributed by atoms with E-state index in [1.54, 1.807) is 23.9 Å². The summed E-state index contributed by atoms with van der Waals surface area (Å²) in [6.45, 7) is 0. The Hall–Kier alpha value is -3.29. The number of hydrogen-bond donors (Lipinski definition) is 0. The average Bonchev–Trinajstić information content (AvgIpc) is 2.84. The third kappa shape index (κ3) is 4.35. The maximum absolute atomic E-state index is 11.0. The van der Waals surface area contributed by atoms with E-state index < -0.39 is 0 Å². The quantitative estimate of drug-likeness (QED) is 0.244. The van der Waals surface area contributed by atoms with Crippen molar-refractivity contribution in [2.75, 3.05) is 5.75 Å². The first-order valence-corrected chi connectivity index (χ1v) is 10.8. The molecular formula is C25H18BrN3O2S. The number of pyridine rings is 1. The van der Waals surface area contributed by atoms with Crippen LogP contribution in [0.2, 0.25) is 0 Å². The Morgan fingerprint density at radius 2 is 1.41 bits per heavy atom. The predicted octanol–water partition coefficient (Wildman–Crippen LogP) is 2.58. The Morgan fingerprint density at radius 1 is 0.781 bits per heavy atom. The third-order valence-electron chi connectivity index (χ3n) is 5.17. The molecule has 7 heteroatoms. The van der Waals surface area contributed by atoms with Crippen molar-refractivity contribution in [1.82, 2.24) is 0 Å². The summed E-state index contributed by atoms with van der Waals surface area (Å²) in [4.78, 5) is 10.6. The van der Waals surface area contributed by atoms with Crippen LogP contribution < -0.4 is 21.7 Å². The summed E-state index contributed by atoms with van der Waals surface area (Å²) in [6.07, 6.45) is 0. The highest BCUT2D eigenvalue weighted by Gasteiger charge is 2.28. The molecule has 0 saturated carbocycles. The molecular weight excluding hydrogens is 486 g/mol. The fourth-order valence-electron chi connectivity index (χ4n) is 3.59. The van der Waals surface area contributed by atoms with Crippen molar-refractivity contribution in [2.45, 2.75) is 5.03 Å². The topological polar surface area (TPSA) is 59.4 Å². The molecule has 0 N–H and O–H groups in total. The molecule has 1 aromatic heterocycles. The first-order chi connectivity index (χ1) is 15.2. The van der Waals surface area contributed by atoms with E-state index in [2.05, 4.69) is 36.4 Å². The summed E-state index contributed by atoms with van der Waals surface area (Å²) < 4.78 is 1.98. The lowest BCUT2D eigenvalue weighted by atomic mass is 10.0. The first-order valence-electron chi connectivity index (χ1n) is 9.85. The third-order valence-corrected chi connectivity index (χ3v) is 6.18. The van der Waals surface area contributed by atoms with Crippen molar-refractivity contribution in [2.24, 2.45) is 5.10 Å². The fraction of sp³-hybridized carbons (Fsp3) is 0.0400. The second-order valence-corrected chi connectivity index (χ2v) is 8.15. The normalized spacial score (nSPS) is 12.3. The molecule has 158 valence electrons. The van der Waals surface area contributed by atoms with E-state index in [1.165, 1.54) is 12.1 Å². The predicted molar refractivity (Wildman–Crippen MR) is 123 cm³/mol. The van der Waals surface area contributed by atoms with E-state index in [0.29, 0.717) is 5.75 Å². The lowest BCUT2D eigenvalue weighted by Gasteiger charge is -2.13. The molecule has 0 saturated heterocycles. The molecule has 3 aromatic carbocycles. The highest BCUT2D eigenvalue weighted by atomic mass is 79.9. The van der Waals surface area contributed by atoms with Crippen LogP contribution in [0.15, 0.2) is 107 Å². The Labute approximate surface area is 200 Å². The van der Waals surface area contributed by atoms with Crippen molar-refractivity contribution in [3.63, 3.8) is 0 Å². The molecule has 1 aliphatic rings. The van der Waals surface area contributed by atoms with Crippen LogP contribution in [0, 0.1) is 10.1 Å². The Balaban J connectivity index is 0.00000245. The minimum Gasteiger partial charge on any atom is -1.00 e. The fourth-order valence-corrected chi connectivity index (χ4v) is 4.57. The van der Waals surface area contributed by atoms with Gasteiger partial charge in [-0.1, -0.05) is 48.5 Å². The molecule has 0 unspecified atom stereocenters. The van der Waals surface area contributed by atoms with E-state index in [1.807, 2.05) is 41.1 Å². The number of thioether (sulfide) groups is 1. The number of nitro benzene ring substituents is 1. The summed E-state index contributed by atoms with van der Waals surface area (Å²) in [5.74, 6) is 0.699. The number of halogens is 1. The minimum atomic E-state index is -0.385. The van der Waals surface area contributed by atoms with Gasteiger partial charge < -0.3 is 17.0 Å². The summed E-state index contributed by atoms with van der Waals surface area (Å²) in [5, 5.41) is 17.0. The molecule has 4 aromatic rings. The van der Waals surface area contributed by atoms with Gasteiger partial charge in [0.2, 0.25) is 5.69 Å². The highest BCUT2D eigenvalue weighted by molar-refractivity contribution is 7.99. The molecule has 5 nitrogen and oxygen atoms in total. The van der Waals surface area contributed by atoms with E-state index >= 15 is 0 Å². The Kier molecular flexibility index (Phi) is 6.48. The summed E-state index contributed by atoms with van der Waals surface area (Å²) in [5.41, 5.74) is 6.25. The molecule has 0 atom stereocenters. The maximum Gasteiger partial charge on any atom is 0.273 e. The maximum atomic E-state index is 11.0. The lowest BCUT2D eigenvalue weighted by molar-refractivity contribution is -0.705. The molecule has 0 amide bonds. The number of nitro groups is 1. The van der Waals surface area contributed by atoms with Gasteiger partial charge in [-0.3, -0.25) is 10.1 Å². The summed E-state index contributed by atoms with van der Waals surface area (Å²) >= 11 is 1.72. The Morgan fingerprint density at radius 3 is 2.03 bits per heavy atom. The van der Waals surface area contributed by atoms with Gasteiger partial charge in [-0.25, -0.2) is 0 Å². The lowest BCUT2D eigenvalue weighted by Crippen LogP contribution is -3.00. The molecule has 2 heterocycles. The largest absolute Gasteiger partial charge is 1.00 e. The summed E-state index contributed by atoms with van der Waals surface area (Å²) in [7, 11) is 0. The van der Waals surface area contributed by atoms with Crippen molar-refractivity contribution < 1.29 is 26.6 Å². The number of benzene rings is 3. The zero-order valence-electron chi connectivity index (χ0n) is 16.9. The van der Waals surface area contributed by atoms with Crippen molar-refractivity contribution in [3.8, 4) is 22.4 Å². The van der Waals surface area contributed by atoms with Crippen molar-refractivity contribution in [1.29, 1.82) is 0 Å². The molecule has 32 heavy (non-hydrogen) atoms. The van der Waals surface area contributed by atoms with Crippen molar-refractivity contribution in [3.05, 3.63) is 113 Å². The number of hydrogen-bond acceptors (Lipinski definition) is 4. The molecule has 5 rings (SSSR count). The second kappa shape index (κ2) is 9.46. The number of nitrogens with zero attached hydrogens (tertiary/aromatic N) is 3. The van der Waals surface area contributed by atoms with Crippen LogP contribution >= 0.6 is 11.8 Å². The molecule has 0 aliphatic carbocycles. The van der Waals surface area contributed by atoms with E-state index in [0.717, 1.165) is 38.7 Å². The van der Waals surface area contributed by atoms with Crippen LogP contribution in [-0.4, -0.2) is 16.4 Å². The van der Waals surface area contributed by atoms with Gasteiger partial charge in [-0.15, -0.1) is 0 Å². The monoisotopic (exact) mass is 503 g/mol. The molecule has 0 bridgehead atoms. The van der Waals surface area contributed by atoms with E-state index in [9.17, 15) is 10.1 Å². The molecule has 0 radical (unpaired) electrons. The van der Waals surface area contributed by atoms with E-state index in [-0.39, 0.29) is 27.6 Å². The van der Waals surface area contributed by atoms with Crippen LogP contribution in [0.4, 0.5) is 5.69 Å². The average molecular weight is 504 g/mol. The van der Waals surface area contributed by atoms with Gasteiger partial charge in [0.25, 0.3) is 10.7 Å². The highest BCUT2D eigenvalue weighted by Crippen LogP contribution is 2.31. The molecule has 0 spiro atoms. The molecule has 1 aliphatic heterocycles. The molecule has 0 fully saturated rings. The first kappa shape index (κ1) is 21.9. The van der Waals surface area contributed by atoms with Gasteiger partial charge >= 0.3 is 0 Å². The van der Waals surface area contributed by atoms with Gasteiger partial charge in [-0.2, -0.15) is 0 Å². The van der Waals surface area contributed by atoms with Crippen LogP contribution in [0.5, 0.6) is 0 Å². The van der Waals surface area contributed by atoms with Crippen LogP contribution in [0.25, 0.3) is 22.4 Å². The number of aromatic nitrogens is 1. The number of fused-ring (bicyclic) bond motifs is 1. The van der Waals surface area contributed by atoms with Gasteiger partial charge in [0.1, 0.15) is 5.71 Å². The van der Waals surface area contributed by atoms with Crippen molar-refractivity contribution >= 4 is 23.2 Å².